The first kappa shape index (κ1) is 17.1. The van der Waals surface area contributed by atoms with Gasteiger partial charge in [0, 0.05) is 26.2 Å². The van der Waals surface area contributed by atoms with Crippen molar-refractivity contribution in [3.63, 3.8) is 0 Å². The molecule has 1 amide bonds. The Bertz CT molecular complexity index is 838. The van der Waals surface area contributed by atoms with Crippen LogP contribution in [0.15, 0.2) is 40.6 Å². The molecule has 0 unspecified atom stereocenters. The van der Waals surface area contributed by atoms with E-state index in [1.807, 2.05) is 18.4 Å². The van der Waals surface area contributed by atoms with Crippen molar-refractivity contribution in [3.05, 3.63) is 52.0 Å². The van der Waals surface area contributed by atoms with Crippen LogP contribution in [0.2, 0.25) is 0 Å². The molecule has 1 aromatic heterocycles. The lowest BCUT2D eigenvalue weighted by Crippen LogP contribution is -2.50. The molecule has 0 bridgehead atoms. The zero-order chi connectivity index (χ0) is 17.3. The number of benzene rings is 1. The lowest BCUT2D eigenvalue weighted by atomic mass is 10.2. The summed E-state index contributed by atoms with van der Waals surface area (Å²) in [6.45, 7) is 3.04. The van der Waals surface area contributed by atoms with E-state index in [0.29, 0.717) is 18.0 Å². The maximum Gasteiger partial charge on any atom is 0.264 e. The van der Waals surface area contributed by atoms with E-state index in [-0.39, 0.29) is 23.9 Å². The Kier molecular flexibility index (Phi) is 4.71. The van der Waals surface area contributed by atoms with Crippen molar-refractivity contribution >= 4 is 27.3 Å². The normalized spacial score (nSPS) is 16.3. The Morgan fingerprint density at radius 3 is 2.25 bits per heavy atom. The molecule has 0 aliphatic carbocycles. The molecule has 3 rings (SSSR count). The molecular formula is C16H17FN2O3S2. The monoisotopic (exact) mass is 368 g/mol. The molecule has 0 N–H and O–H groups in total. The maximum atomic E-state index is 13.0. The third kappa shape index (κ3) is 3.22. The Hall–Kier alpha value is -1.77. The topological polar surface area (TPSA) is 57.7 Å². The fraction of sp³-hybridized carbons (Fsp3) is 0.312. The molecule has 0 saturated carbocycles. The Labute approximate surface area is 144 Å². The summed E-state index contributed by atoms with van der Waals surface area (Å²) in [6, 6.07) is 6.68. The molecule has 1 fully saturated rings. The van der Waals surface area contributed by atoms with E-state index in [0.717, 1.165) is 17.7 Å². The van der Waals surface area contributed by atoms with Gasteiger partial charge in [0.15, 0.2) is 0 Å². The highest BCUT2D eigenvalue weighted by atomic mass is 32.2. The number of rotatable bonds is 3. The van der Waals surface area contributed by atoms with E-state index in [9.17, 15) is 17.6 Å². The lowest BCUT2D eigenvalue weighted by Gasteiger charge is -2.34. The number of thiophene rings is 1. The number of amides is 1. The van der Waals surface area contributed by atoms with Crippen molar-refractivity contribution in [3.8, 4) is 0 Å². The number of hydrogen-bond acceptors (Lipinski definition) is 4. The first-order chi connectivity index (χ1) is 11.4. The van der Waals surface area contributed by atoms with Crippen LogP contribution < -0.4 is 0 Å². The largest absolute Gasteiger partial charge is 0.335 e. The number of hydrogen-bond donors (Lipinski definition) is 0. The number of carbonyl (C=O) groups excluding carboxylic acids is 1. The van der Waals surface area contributed by atoms with Crippen LogP contribution in [-0.4, -0.2) is 49.7 Å². The predicted molar refractivity (Wildman–Crippen MR) is 90.1 cm³/mol. The van der Waals surface area contributed by atoms with Crippen molar-refractivity contribution in [2.45, 2.75) is 11.8 Å². The SMILES string of the molecule is Cc1ccsc1C(=O)N1CCN(S(=O)(=O)c2ccc(F)cc2)CC1. The van der Waals surface area contributed by atoms with Crippen LogP contribution in [0, 0.1) is 12.7 Å². The summed E-state index contributed by atoms with van der Waals surface area (Å²) in [5.41, 5.74) is 0.936. The van der Waals surface area contributed by atoms with Crippen LogP contribution in [0.25, 0.3) is 0 Å². The highest BCUT2D eigenvalue weighted by Gasteiger charge is 2.31. The first-order valence-corrected chi connectivity index (χ1v) is 9.80. The zero-order valence-corrected chi connectivity index (χ0v) is 14.7. The third-order valence-electron chi connectivity index (χ3n) is 4.03. The van der Waals surface area contributed by atoms with Crippen LogP contribution in [0.3, 0.4) is 0 Å². The number of nitrogens with zero attached hydrogens (tertiary/aromatic N) is 2. The van der Waals surface area contributed by atoms with Crippen LogP contribution in [0.1, 0.15) is 15.2 Å². The molecule has 1 aromatic carbocycles. The highest BCUT2D eigenvalue weighted by molar-refractivity contribution is 7.89. The second kappa shape index (κ2) is 6.62. The predicted octanol–water partition coefficient (Wildman–Crippen LogP) is 2.34. The van der Waals surface area contributed by atoms with Gasteiger partial charge in [-0.25, -0.2) is 12.8 Å². The summed E-state index contributed by atoms with van der Waals surface area (Å²) in [5.74, 6) is -0.531. The molecule has 5 nitrogen and oxygen atoms in total. The van der Waals surface area contributed by atoms with Crippen molar-refractivity contribution < 1.29 is 17.6 Å². The van der Waals surface area contributed by atoms with Gasteiger partial charge in [-0.05, 0) is 48.2 Å². The number of carbonyl (C=O) groups is 1. The minimum absolute atomic E-state index is 0.0543. The Morgan fingerprint density at radius 2 is 1.71 bits per heavy atom. The molecule has 0 spiro atoms. The van der Waals surface area contributed by atoms with Crippen molar-refractivity contribution in [2.75, 3.05) is 26.2 Å². The second-order valence-corrected chi connectivity index (χ2v) is 8.44. The minimum Gasteiger partial charge on any atom is -0.335 e. The minimum atomic E-state index is -3.66. The van der Waals surface area contributed by atoms with E-state index < -0.39 is 15.8 Å². The van der Waals surface area contributed by atoms with Crippen LogP contribution in [-0.2, 0) is 10.0 Å². The van der Waals surface area contributed by atoms with Crippen LogP contribution in [0.5, 0.6) is 0 Å². The van der Waals surface area contributed by atoms with Crippen molar-refractivity contribution in [2.24, 2.45) is 0 Å². The number of aryl methyl sites for hydroxylation is 1. The molecule has 0 atom stereocenters. The molecule has 1 aliphatic rings. The fourth-order valence-corrected chi connectivity index (χ4v) is 4.94. The third-order valence-corrected chi connectivity index (χ3v) is 6.95. The maximum absolute atomic E-state index is 13.0. The molecule has 24 heavy (non-hydrogen) atoms. The zero-order valence-electron chi connectivity index (χ0n) is 13.1. The van der Waals surface area contributed by atoms with Gasteiger partial charge in [-0.1, -0.05) is 0 Å². The van der Waals surface area contributed by atoms with Gasteiger partial charge in [0.2, 0.25) is 10.0 Å². The van der Waals surface area contributed by atoms with Gasteiger partial charge < -0.3 is 4.90 Å². The van der Waals surface area contributed by atoms with Gasteiger partial charge in [-0.2, -0.15) is 4.31 Å². The summed E-state index contributed by atoms with van der Waals surface area (Å²) < 4.78 is 39.4. The average molecular weight is 368 g/mol. The van der Waals surface area contributed by atoms with Gasteiger partial charge in [0.05, 0.1) is 9.77 Å². The molecule has 2 heterocycles. The van der Waals surface area contributed by atoms with E-state index in [1.54, 1.807) is 4.90 Å². The summed E-state index contributed by atoms with van der Waals surface area (Å²) in [5, 5.41) is 1.87. The molecule has 1 saturated heterocycles. The van der Waals surface area contributed by atoms with Crippen molar-refractivity contribution in [1.82, 2.24) is 9.21 Å². The quantitative estimate of drug-likeness (QED) is 0.836. The van der Waals surface area contributed by atoms with Crippen molar-refractivity contribution in [1.29, 1.82) is 0 Å². The number of sulfonamides is 1. The van der Waals surface area contributed by atoms with E-state index in [4.69, 9.17) is 0 Å². The lowest BCUT2D eigenvalue weighted by molar-refractivity contribution is 0.0702. The molecular weight excluding hydrogens is 351 g/mol. The Morgan fingerprint density at radius 1 is 1.08 bits per heavy atom. The van der Waals surface area contributed by atoms with Gasteiger partial charge in [-0.15, -0.1) is 11.3 Å². The van der Waals surface area contributed by atoms with Gasteiger partial charge in [0.25, 0.3) is 5.91 Å². The van der Waals surface area contributed by atoms with Crippen LogP contribution >= 0.6 is 11.3 Å². The summed E-state index contributed by atoms with van der Waals surface area (Å²) >= 11 is 1.40. The van der Waals surface area contributed by atoms with E-state index >= 15 is 0 Å². The number of halogens is 1. The van der Waals surface area contributed by atoms with Crippen LogP contribution in [0.4, 0.5) is 4.39 Å². The van der Waals surface area contributed by atoms with E-state index in [1.165, 1.54) is 27.8 Å². The van der Waals surface area contributed by atoms with Gasteiger partial charge in [-0.3, -0.25) is 4.79 Å². The highest BCUT2D eigenvalue weighted by Crippen LogP contribution is 2.21. The molecule has 8 heteroatoms. The smallest absolute Gasteiger partial charge is 0.264 e. The molecule has 2 aromatic rings. The van der Waals surface area contributed by atoms with Gasteiger partial charge >= 0.3 is 0 Å². The summed E-state index contributed by atoms with van der Waals surface area (Å²) in [4.78, 5) is 14.9. The summed E-state index contributed by atoms with van der Waals surface area (Å²) in [7, 11) is -3.66. The Balaban J connectivity index is 1.69. The van der Waals surface area contributed by atoms with Gasteiger partial charge in [0.1, 0.15) is 5.82 Å². The molecule has 128 valence electrons. The second-order valence-electron chi connectivity index (χ2n) is 5.58. The standard InChI is InChI=1S/C16H17FN2O3S2/c1-12-6-11-23-15(12)16(20)18-7-9-19(10-8-18)24(21,22)14-4-2-13(17)3-5-14/h2-6,11H,7-10H2,1H3. The molecule has 1 aliphatic heterocycles. The first-order valence-electron chi connectivity index (χ1n) is 7.48. The average Bonchev–Trinajstić information content (AvgIpc) is 3.01. The molecule has 0 radical (unpaired) electrons. The number of piperazine rings is 1. The fourth-order valence-electron chi connectivity index (χ4n) is 2.62. The van der Waals surface area contributed by atoms with E-state index in [2.05, 4.69) is 0 Å². The summed E-state index contributed by atoms with van der Waals surface area (Å²) in [6.07, 6.45) is 0.